The highest BCUT2D eigenvalue weighted by Crippen LogP contribution is 2.37. The van der Waals surface area contributed by atoms with Gasteiger partial charge in [-0.3, -0.25) is 4.79 Å². The van der Waals surface area contributed by atoms with Crippen molar-refractivity contribution < 1.29 is 9.47 Å². The van der Waals surface area contributed by atoms with Gasteiger partial charge in [-0.1, -0.05) is 40.6 Å². The minimum absolute atomic E-state index is 0.0919. The van der Waals surface area contributed by atoms with E-state index in [-0.39, 0.29) is 12.2 Å². The third kappa shape index (κ3) is 4.54. The molecule has 0 unspecified atom stereocenters. The molecule has 9 heteroatoms. The smallest absolute Gasteiger partial charge is 0.274 e. The zero-order valence-corrected chi connectivity index (χ0v) is 22.9. The molecule has 0 amide bonds. The Hall–Kier alpha value is -2.58. The molecule has 0 N–H and O–H groups in total. The maximum Gasteiger partial charge on any atom is 0.274 e. The lowest BCUT2D eigenvalue weighted by Gasteiger charge is -2.14. The number of hydrogen-bond acceptors (Lipinski definition) is 5. The summed E-state index contributed by atoms with van der Waals surface area (Å²) in [6, 6.07) is 13.1. The maximum absolute atomic E-state index is 13.2. The Kier molecular flexibility index (Phi) is 6.53. The molecule has 0 fully saturated rings. The summed E-state index contributed by atoms with van der Waals surface area (Å²) in [5.74, 6) is 1.09. The SMILES string of the molecule is COc1cc(/C=c2\sc3nc4cc(C)c(C)cc4n3c2=O)cc(Br)c1OCc1ccc(Cl)c(Cl)c1. The fraction of sp³-hybridized carbons (Fsp3) is 0.154. The second-order valence-electron chi connectivity index (χ2n) is 8.14. The van der Waals surface area contributed by atoms with Gasteiger partial charge in [-0.15, -0.1) is 0 Å². The van der Waals surface area contributed by atoms with Crippen molar-refractivity contribution in [1.29, 1.82) is 0 Å². The van der Waals surface area contributed by atoms with Crippen LogP contribution in [0.5, 0.6) is 11.5 Å². The molecule has 0 aliphatic rings. The van der Waals surface area contributed by atoms with Gasteiger partial charge >= 0.3 is 0 Å². The molecule has 2 aromatic heterocycles. The largest absolute Gasteiger partial charge is 0.493 e. The van der Waals surface area contributed by atoms with Gasteiger partial charge in [0.05, 0.1) is 37.2 Å². The van der Waals surface area contributed by atoms with Crippen LogP contribution in [0.4, 0.5) is 0 Å². The minimum Gasteiger partial charge on any atom is -0.493 e. The van der Waals surface area contributed by atoms with Crippen LogP contribution in [0.2, 0.25) is 10.0 Å². The van der Waals surface area contributed by atoms with Crippen LogP contribution >= 0.6 is 50.5 Å². The summed E-state index contributed by atoms with van der Waals surface area (Å²) in [4.78, 5) is 18.6. The van der Waals surface area contributed by atoms with Crippen molar-refractivity contribution in [3.63, 3.8) is 0 Å². The summed E-state index contributed by atoms with van der Waals surface area (Å²) < 4.78 is 14.6. The van der Waals surface area contributed by atoms with Crippen LogP contribution in [0, 0.1) is 13.8 Å². The molecule has 2 heterocycles. The Labute approximate surface area is 223 Å². The van der Waals surface area contributed by atoms with Crippen LogP contribution in [0.15, 0.2) is 51.7 Å². The normalized spacial score (nSPS) is 12.1. The van der Waals surface area contributed by atoms with E-state index < -0.39 is 0 Å². The molecule has 0 atom stereocenters. The van der Waals surface area contributed by atoms with Gasteiger partial charge < -0.3 is 9.47 Å². The van der Waals surface area contributed by atoms with Gasteiger partial charge in [-0.2, -0.15) is 0 Å². The number of hydrogen-bond donors (Lipinski definition) is 0. The zero-order chi connectivity index (χ0) is 24.9. The molecule has 0 bridgehead atoms. The molecule has 0 radical (unpaired) electrons. The lowest BCUT2D eigenvalue weighted by molar-refractivity contribution is 0.282. The van der Waals surface area contributed by atoms with Crippen molar-refractivity contribution in [2.45, 2.75) is 20.5 Å². The summed E-state index contributed by atoms with van der Waals surface area (Å²) >= 11 is 17.0. The zero-order valence-electron chi connectivity index (χ0n) is 19.0. The van der Waals surface area contributed by atoms with E-state index in [0.717, 1.165) is 33.3 Å². The van der Waals surface area contributed by atoms with Crippen molar-refractivity contribution in [2.75, 3.05) is 7.11 Å². The molecule has 5 rings (SSSR count). The average Bonchev–Trinajstić information content (AvgIpc) is 3.30. The van der Waals surface area contributed by atoms with Crippen LogP contribution in [-0.2, 0) is 6.61 Å². The lowest BCUT2D eigenvalue weighted by Crippen LogP contribution is -2.22. The summed E-state index contributed by atoms with van der Waals surface area (Å²) in [7, 11) is 1.58. The van der Waals surface area contributed by atoms with Gasteiger partial charge in [-0.05, 0) is 94.5 Å². The first kappa shape index (κ1) is 24.1. The Bertz CT molecular complexity index is 1730. The van der Waals surface area contributed by atoms with Crippen molar-refractivity contribution in [2.24, 2.45) is 0 Å². The molecule has 5 aromatic rings. The van der Waals surface area contributed by atoms with E-state index in [1.165, 1.54) is 11.3 Å². The van der Waals surface area contributed by atoms with E-state index in [9.17, 15) is 4.79 Å². The first-order chi connectivity index (χ1) is 16.7. The number of rotatable bonds is 5. The molecule has 3 aromatic carbocycles. The molecule has 35 heavy (non-hydrogen) atoms. The number of aryl methyl sites for hydroxylation is 2. The predicted molar refractivity (Wildman–Crippen MR) is 147 cm³/mol. The Balaban J connectivity index is 1.51. The van der Waals surface area contributed by atoms with Crippen LogP contribution in [0.1, 0.15) is 22.3 Å². The highest BCUT2D eigenvalue weighted by Gasteiger charge is 2.15. The van der Waals surface area contributed by atoms with Gasteiger partial charge in [0, 0.05) is 0 Å². The molecule has 0 spiro atoms. The van der Waals surface area contributed by atoms with Crippen molar-refractivity contribution in [1.82, 2.24) is 9.38 Å². The van der Waals surface area contributed by atoms with E-state index in [1.54, 1.807) is 23.6 Å². The number of fused-ring (bicyclic) bond motifs is 3. The van der Waals surface area contributed by atoms with Gasteiger partial charge in [0.15, 0.2) is 16.5 Å². The Morgan fingerprint density at radius 2 is 1.86 bits per heavy atom. The first-order valence-corrected chi connectivity index (χ1v) is 13.0. The standard InChI is InChI=1S/C26H19BrCl2N2O3S/c1-13-6-20-21(7-14(13)2)31-25(32)23(35-26(31)30-20)11-16-8-17(27)24(22(10-16)33-3)34-12-15-4-5-18(28)19(29)9-15/h4-11H,12H2,1-3H3/b23-11-. The van der Waals surface area contributed by atoms with Gasteiger partial charge in [0.1, 0.15) is 6.61 Å². The number of thiazole rings is 1. The highest BCUT2D eigenvalue weighted by molar-refractivity contribution is 9.10. The monoisotopic (exact) mass is 588 g/mol. The second-order valence-corrected chi connectivity index (χ2v) is 10.8. The predicted octanol–water partition coefficient (Wildman–Crippen LogP) is 6.73. The van der Waals surface area contributed by atoms with Crippen LogP contribution < -0.4 is 19.6 Å². The van der Waals surface area contributed by atoms with E-state index in [0.29, 0.717) is 35.5 Å². The molecule has 0 saturated heterocycles. The minimum atomic E-state index is -0.0919. The summed E-state index contributed by atoms with van der Waals surface area (Å²) in [5.41, 5.74) is 5.52. The van der Waals surface area contributed by atoms with E-state index in [4.69, 9.17) is 32.7 Å². The topological polar surface area (TPSA) is 52.8 Å². The molecule has 0 aliphatic carbocycles. The highest BCUT2D eigenvalue weighted by atomic mass is 79.9. The average molecular weight is 590 g/mol. The number of nitrogens with zero attached hydrogens (tertiary/aromatic N) is 2. The van der Waals surface area contributed by atoms with Crippen molar-refractivity contribution in [3.8, 4) is 11.5 Å². The molecule has 5 nitrogen and oxygen atoms in total. The Morgan fingerprint density at radius 1 is 1.09 bits per heavy atom. The molecule has 0 saturated carbocycles. The maximum atomic E-state index is 13.2. The quantitative estimate of drug-likeness (QED) is 0.228. The summed E-state index contributed by atoms with van der Waals surface area (Å²) in [5, 5.41) is 0.962. The number of imidazole rings is 1. The van der Waals surface area contributed by atoms with E-state index in [2.05, 4.69) is 20.9 Å². The van der Waals surface area contributed by atoms with Crippen molar-refractivity contribution >= 4 is 72.5 Å². The van der Waals surface area contributed by atoms with Crippen LogP contribution in [0.3, 0.4) is 0 Å². The van der Waals surface area contributed by atoms with Gasteiger partial charge in [0.2, 0.25) is 0 Å². The van der Waals surface area contributed by atoms with Crippen molar-refractivity contribution in [3.05, 3.63) is 94.1 Å². The molecule has 178 valence electrons. The number of ether oxygens (including phenoxy) is 2. The number of benzene rings is 3. The second kappa shape index (κ2) is 9.47. The fourth-order valence-corrected chi connectivity index (χ4v) is 5.70. The van der Waals surface area contributed by atoms with Crippen LogP contribution in [-0.4, -0.2) is 16.5 Å². The first-order valence-electron chi connectivity index (χ1n) is 10.6. The van der Waals surface area contributed by atoms with E-state index >= 15 is 0 Å². The number of methoxy groups -OCH3 is 1. The number of halogens is 3. The third-order valence-electron chi connectivity index (χ3n) is 5.77. The summed E-state index contributed by atoms with van der Waals surface area (Å²) in [6.07, 6.45) is 1.84. The molecule has 0 aliphatic heterocycles. The molecular formula is C26H19BrCl2N2O3S. The lowest BCUT2D eigenvalue weighted by atomic mass is 10.1. The molecular weight excluding hydrogens is 571 g/mol. The Morgan fingerprint density at radius 3 is 2.60 bits per heavy atom. The fourth-order valence-electron chi connectivity index (χ4n) is 3.82. The van der Waals surface area contributed by atoms with Gasteiger partial charge in [0.25, 0.3) is 5.56 Å². The van der Waals surface area contributed by atoms with Crippen LogP contribution in [0.25, 0.3) is 22.1 Å². The van der Waals surface area contributed by atoms with E-state index in [1.807, 2.05) is 50.3 Å². The third-order valence-corrected chi connectivity index (χ3v) is 8.07. The van der Waals surface area contributed by atoms with Gasteiger partial charge in [-0.25, -0.2) is 9.38 Å². The number of aromatic nitrogens is 2. The summed E-state index contributed by atoms with van der Waals surface area (Å²) in [6.45, 7) is 4.36.